The third-order valence-corrected chi connectivity index (χ3v) is 13.8. The molecule has 0 saturated carbocycles. The molecule has 0 amide bonds. The lowest BCUT2D eigenvalue weighted by atomic mass is 10.1. The average Bonchev–Trinajstić information content (AvgIpc) is 3.21. The molecule has 0 saturated heterocycles. The molecule has 0 unspecified atom stereocenters. The van der Waals surface area contributed by atoms with Crippen molar-refractivity contribution in [2.75, 3.05) is 14.2 Å². The molecular formula is C33H48O2P2. The van der Waals surface area contributed by atoms with Gasteiger partial charge in [0.25, 0.3) is 0 Å². The van der Waals surface area contributed by atoms with Crippen LogP contribution in [0.3, 0.4) is 0 Å². The van der Waals surface area contributed by atoms with Gasteiger partial charge in [-0.1, -0.05) is 68.5 Å². The molecule has 1 aliphatic rings. The molecular weight excluding hydrogens is 490 g/mol. The van der Waals surface area contributed by atoms with Gasteiger partial charge in [-0.2, -0.15) is 0 Å². The van der Waals surface area contributed by atoms with Gasteiger partial charge in [-0.3, -0.25) is 0 Å². The number of ether oxygens (including phenoxy) is 2. The lowest BCUT2D eigenvalue weighted by Crippen LogP contribution is -2.31. The van der Waals surface area contributed by atoms with E-state index in [0.29, 0.717) is 5.66 Å². The Kier molecular flexibility index (Phi) is 9.09. The molecule has 0 aliphatic heterocycles. The summed E-state index contributed by atoms with van der Waals surface area (Å²) in [5, 5.41) is 4.97. The monoisotopic (exact) mass is 538 g/mol. The molecule has 0 heterocycles. The third kappa shape index (κ3) is 6.18. The highest BCUT2D eigenvalue weighted by Crippen LogP contribution is 2.66. The molecule has 0 bridgehead atoms. The first kappa shape index (κ1) is 29.9. The Hall–Kier alpha value is -1.62. The van der Waals surface area contributed by atoms with Gasteiger partial charge in [0.15, 0.2) is 0 Å². The number of aryl methyl sites for hydroxylation is 4. The van der Waals surface area contributed by atoms with E-state index in [9.17, 15) is 0 Å². The van der Waals surface area contributed by atoms with Gasteiger partial charge in [-0.05, 0) is 120 Å². The van der Waals surface area contributed by atoms with Crippen LogP contribution in [-0.4, -0.2) is 30.2 Å². The summed E-state index contributed by atoms with van der Waals surface area (Å²) in [6.45, 7) is 25.8. The van der Waals surface area contributed by atoms with Crippen molar-refractivity contribution >= 4 is 26.5 Å². The second-order valence-electron chi connectivity index (χ2n) is 12.5. The van der Waals surface area contributed by atoms with Crippen LogP contribution < -0.4 is 20.1 Å². The number of methoxy groups -OCH3 is 2. The number of hydrogen-bond donors (Lipinski definition) is 0. The second-order valence-corrected chi connectivity index (χ2v) is 18.9. The largest absolute Gasteiger partial charge is 0.496 e. The van der Waals surface area contributed by atoms with Gasteiger partial charge >= 0.3 is 0 Å². The van der Waals surface area contributed by atoms with Crippen molar-refractivity contribution < 1.29 is 9.47 Å². The Balaban J connectivity index is 2.31. The van der Waals surface area contributed by atoms with E-state index in [1.165, 1.54) is 32.9 Å². The summed E-state index contributed by atoms with van der Waals surface area (Å²) >= 11 is 0. The minimum atomic E-state index is -0.703. The molecule has 2 aromatic rings. The number of hydrogen-bond acceptors (Lipinski definition) is 2. The molecule has 2 aromatic carbocycles. The van der Waals surface area contributed by atoms with Crippen molar-refractivity contribution in [3.63, 3.8) is 0 Å². The van der Waals surface area contributed by atoms with Crippen LogP contribution in [0.15, 0.2) is 47.3 Å². The molecule has 37 heavy (non-hydrogen) atoms. The lowest BCUT2D eigenvalue weighted by molar-refractivity contribution is 0.408. The summed E-state index contributed by atoms with van der Waals surface area (Å²) in [6, 6.07) is 9.49. The fourth-order valence-electron chi connectivity index (χ4n) is 6.64. The lowest BCUT2D eigenvalue weighted by Gasteiger charge is -2.46. The van der Waals surface area contributed by atoms with Crippen molar-refractivity contribution in [3.05, 3.63) is 69.6 Å². The molecule has 0 fully saturated rings. The first-order valence-corrected chi connectivity index (χ1v) is 16.2. The molecule has 0 radical (unpaired) electrons. The van der Waals surface area contributed by atoms with Gasteiger partial charge in [0, 0.05) is 5.66 Å². The predicted molar refractivity (Wildman–Crippen MR) is 168 cm³/mol. The van der Waals surface area contributed by atoms with Crippen LogP contribution >= 0.6 is 15.8 Å². The highest BCUT2D eigenvalue weighted by molar-refractivity contribution is 7.77. The molecule has 4 heteroatoms. The van der Waals surface area contributed by atoms with Gasteiger partial charge in [0.2, 0.25) is 0 Å². The van der Waals surface area contributed by atoms with Crippen LogP contribution in [0.25, 0.3) is 0 Å². The van der Waals surface area contributed by atoms with Crippen molar-refractivity contribution in [1.82, 2.24) is 0 Å². The molecule has 202 valence electrons. The van der Waals surface area contributed by atoms with Gasteiger partial charge in [-0.15, -0.1) is 0 Å². The Morgan fingerprint density at radius 1 is 0.703 bits per heavy atom. The summed E-state index contributed by atoms with van der Waals surface area (Å²) in [7, 11) is 2.57. The Morgan fingerprint density at radius 3 is 1.41 bits per heavy atom. The van der Waals surface area contributed by atoms with E-state index >= 15 is 0 Å². The Labute approximate surface area is 229 Å². The van der Waals surface area contributed by atoms with Crippen LogP contribution in [-0.2, 0) is 0 Å². The molecule has 0 N–H and O–H groups in total. The maximum absolute atomic E-state index is 5.74. The summed E-state index contributed by atoms with van der Waals surface area (Å²) in [4.78, 5) is 0. The van der Waals surface area contributed by atoms with Gasteiger partial charge in [0.05, 0.1) is 14.2 Å². The maximum atomic E-state index is 5.74. The van der Waals surface area contributed by atoms with Gasteiger partial charge < -0.3 is 9.47 Å². The zero-order valence-electron chi connectivity index (χ0n) is 25.5. The van der Waals surface area contributed by atoms with E-state index in [-0.39, 0.29) is 18.2 Å². The molecule has 1 aliphatic carbocycles. The molecule has 3 rings (SSSR count). The highest BCUT2D eigenvalue weighted by Gasteiger charge is 2.40. The van der Waals surface area contributed by atoms with E-state index < -0.39 is 7.92 Å². The molecule has 0 spiro atoms. The first-order valence-electron chi connectivity index (χ1n) is 13.4. The minimum Gasteiger partial charge on any atom is -0.496 e. The van der Waals surface area contributed by atoms with E-state index in [4.69, 9.17) is 9.47 Å². The zero-order valence-corrected chi connectivity index (χ0v) is 27.2. The third-order valence-electron chi connectivity index (χ3n) is 7.31. The Morgan fingerprint density at radius 2 is 1.08 bits per heavy atom. The van der Waals surface area contributed by atoms with Crippen LogP contribution in [0, 0.1) is 27.7 Å². The SMILES string of the molecule is COc1c(C)cc(P(C2=C([C@H](C)P(C(C)(C)C)C(C)(C)C)C=CC2)c2cc(C)c(OC)c(C)c2)cc1C. The number of rotatable bonds is 7. The maximum Gasteiger partial charge on any atom is 0.124 e. The summed E-state index contributed by atoms with van der Waals surface area (Å²) in [5.74, 6) is 1.99. The van der Waals surface area contributed by atoms with Gasteiger partial charge in [0.1, 0.15) is 11.5 Å². The summed E-state index contributed by atoms with van der Waals surface area (Å²) < 4.78 is 11.5. The highest BCUT2D eigenvalue weighted by atomic mass is 31.1. The normalized spacial score (nSPS) is 15.2. The predicted octanol–water partition coefficient (Wildman–Crippen LogP) is 9.05. The van der Waals surface area contributed by atoms with E-state index in [0.717, 1.165) is 17.9 Å². The molecule has 1 atom stereocenters. The smallest absolute Gasteiger partial charge is 0.124 e. The number of benzene rings is 2. The fourth-order valence-corrected chi connectivity index (χ4v) is 14.6. The van der Waals surface area contributed by atoms with Crippen LogP contribution in [0.1, 0.15) is 77.1 Å². The van der Waals surface area contributed by atoms with Crippen LogP contribution in [0.4, 0.5) is 0 Å². The fraction of sp³-hybridized carbons (Fsp3) is 0.515. The second kappa shape index (κ2) is 11.2. The first-order chi connectivity index (χ1) is 17.1. The minimum absolute atomic E-state index is 0.269. The zero-order chi connectivity index (χ0) is 27.9. The molecule has 0 aromatic heterocycles. The van der Waals surface area contributed by atoms with Crippen molar-refractivity contribution in [1.29, 1.82) is 0 Å². The van der Waals surface area contributed by atoms with E-state index in [2.05, 4.69) is 113 Å². The quantitative estimate of drug-likeness (QED) is 0.327. The summed E-state index contributed by atoms with van der Waals surface area (Å²) in [6.07, 6.45) is 5.88. The average molecular weight is 539 g/mol. The number of allylic oxidation sites excluding steroid dienone is 4. The topological polar surface area (TPSA) is 18.5 Å². The Bertz CT molecular complexity index is 1090. The van der Waals surface area contributed by atoms with E-state index in [1.807, 2.05) is 0 Å². The standard InChI is InChI=1S/C33H48O2P2/c1-21-17-26(18-22(2)30(21)34-12)36(27-19-23(3)31(35-13)24(4)20-27)29-16-14-15-28(29)25(5)37(32(6,7)8)33(9,10)11/h14-15,17-20,25H,16H2,1-13H3/t25-/m0/s1. The molecule has 2 nitrogen and oxygen atoms in total. The van der Waals surface area contributed by atoms with Crippen molar-refractivity contribution in [2.24, 2.45) is 0 Å². The van der Waals surface area contributed by atoms with Crippen LogP contribution in [0.2, 0.25) is 0 Å². The van der Waals surface area contributed by atoms with Crippen LogP contribution in [0.5, 0.6) is 11.5 Å². The van der Waals surface area contributed by atoms with E-state index in [1.54, 1.807) is 25.1 Å². The van der Waals surface area contributed by atoms with Crippen molar-refractivity contribution in [2.45, 2.75) is 98.6 Å². The summed E-state index contributed by atoms with van der Waals surface area (Å²) in [5.41, 5.74) is 6.92. The van der Waals surface area contributed by atoms with Gasteiger partial charge in [-0.25, -0.2) is 0 Å². The van der Waals surface area contributed by atoms with Crippen molar-refractivity contribution in [3.8, 4) is 11.5 Å².